The zero-order valence-corrected chi connectivity index (χ0v) is 13.9. The van der Waals surface area contributed by atoms with Crippen LogP contribution in [-0.2, 0) is 0 Å². The summed E-state index contributed by atoms with van der Waals surface area (Å²) in [5, 5.41) is 2.69. The van der Waals surface area contributed by atoms with Gasteiger partial charge in [-0.15, -0.1) is 0 Å². The summed E-state index contributed by atoms with van der Waals surface area (Å²) in [5.74, 6) is 0. The van der Waals surface area contributed by atoms with E-state index in [9.17, 15) is 0 Å². The molecular formula is C15H19ClSi2. The zero-order valence-electron chi connectivity index (χ0n) is 11.2. The quantitative estimate of drug-likeness (QED) is 0.600. The Bertz CT molecular complexity index is 464. The maximum atomic E-state index is 7.27. The average molecular weight is 291 g/mol. The Morgan fingerprint density at radius 2 is 1.00 bits per heavy atom. The molecule has 0 nitrogen and oxygen atoms in total. The number of rotatable bonds is 3. The summed E-state index contributed by atoms with van der Waals surface area (Å²) >= 11 is 7.27. The van der Waals surface area contributed by atoms with Crippen LogP contribution < -0.4 is 10.4 Å². The van der Waals surface area contributed by atoms with Crippen molar-refractivity contribution in [2.24, 2.45) is 0 Å². The first-order chi connectivity index (χ1) is 8.46. The molecule has 0 aliphatic rings. The highest BCUT2D eigenvalue weighted by Crippen LogP contribution is 2.23. The van der Waals surface area contributed by atoms with Crippen molar-refractivity contribution < 1.29 is 0 Å². The lowest BCUT2D eigenvalue weighted by Gasteiger charge is -2.36. The van der Waals surface area contributed by atoms with E-state index in [1.165, 1.54) is 10.4 Å². The molecule has 94 valence electrons. The summed E-state index contributed by atoms with van der Waals surface area (Å²) in [6.45, 7) is 5.05. The minimum absolute atomic E-state index is 1.34. The third-order valence-electron chi connectivity index (χ3n) is 3.38. The monoisotopic (exact) mass is 290 g/mol. The van der Waals surface area contributed by atoms with Gasteiger partial charge in [0.25, 0.3) is 0 Å². The standard InChI is InChI=1S/C15H19ClSi2/c1-17(2,3)18(16,14-10-6-4-7-11-14)15-12-8-5-9-13-15/h4-13H,1-3H3. The van der Waals surface area contributed by atoms with Gasteiger partial charge in [-0.2, -0.15) is 11.1 Å². The Labute approximate surface area is 116 Å². The molecule has 0 bridgehead atoms. The second kappa shape index (κ2) is 5.04. The normalized spacial score (nSPS) is 12.4. The lowest BCUT2D eigenvalue weighted by Crippen LogP contribution is -2.69. The Kier molecular flexibility index (Phi) is 3.80. The van der Waals surface area contributed by atoms with Crippen LogP contribution in [0.5, 0.6) is 0 Å². The maximum Gasteiger partial charge on any atom is 0.205 e. The van der Waals surface area contributed by atoms with Crippen molar-refractivity contribution in [2.75, 3.05) is 0 Å². The number of hydrogen-bond donors (Lipinski definition) is 0. The van der Waals surface area contributed by atoms with Gasteiger partial charge in [-0.05, 0) is 10.4 Å². The Morgan fingerprint density at radius 3 is 1.28 bits per heavy atom. The number of halogens is 1. The summed E-state index contributed by atoms with van der Waals surface area (Å²) in [7, 11) is -1.49. The predicted molar refractivity (Wildman–Crippen MR) is 87.1 cm³/mol. The SMILES string of the molecule is C[Si](C)(C)[Si](Cl)(c1ccccc1)c1ccccc1. The maximum absolute atomic E-state index is 7.27. The van der Waals surface area contributed by atoms with E-state index in [2.05, 4.69) is 80.3 Å². The zero-order chi connectivity index (χ0) is 13.2. The number of hydrogen-bond acceptors (Lipinski definition) is 0. The molecule has 3 heteroatoms. The Morgan fingerprint density at radius 1 is 0.667 bits per heavy atom. The van der Waals surface area contributed by atoms with Gasteiger partial charge in [0, 0.05) is 0 Å². The van der Waals surface area contributed by atoms with E-state index in [0.29, 0.717) is 0 Å². The third kappa shape index (κ3) is 2.33. The van der Waals surface area contributed by atoms with Crippen LogP contribution in [-0.4, -0.2) is 14.5 Å². The van der Waals surface area contributed by atoms with Gasteiger partial charge < -0.3 is 0 Å². The molecule has 0 amide bonds. The molecule has 0 aliphatic heterocycles. The fourth-order valence-corrected chi connectivity index (χ4v) is 12.7. The van der Waals surface area contributed by atoms with Crippen LogP contribution in [0.2, 0.25) is 19.6 Å². The molecule has 0 spiro atoms. The van der Waals surface area contributed by atoms with Crippen molar-refractivity contribution >= 4 is 35.9 Å². The molecule has 0 radical (unpaired) electrons. The minimum atomic E-state index is -2.09. The molecule has 0 saturated carbocycles. The average Bonchev–Trinajstić information content (AvgIpc) is 2.38. The van der Waals surface area contributed by atoms with Gasteiger partial charge in [0.1, 0.15) is 0 Å². The molecule has 18 heavy (non-hydrogen) atoms. The van der Waals surface area contributed by atoms with E-state index in [1.807, 2.05) is 0 Å². The van der Waals surface area contributed by atoms with Gasteiger partial charge in [-0.3, -0.25) is 0 Å². The van der Waals surface area contributed by atoms with Crippen molar-refractivity contribution in [3.63, 3.8) is 0 Å². The predicted octanol–water partition coefficient (Wildman–Crippen LogP) is 3.40. The molecule has 0 N–H and O–H groups in total. The molecule has 2 rings (SSSR count). The summed E-state index contributed by atoms with van der Waals surface area (Å²) < 4.78 is 0. The largest absolute Gasteiger partial charge is 0.205 e. The van der Waals surface area contributed by atoms with Gasteiger partial charge in [0.05, 0.1) is 7.59 Å². The van der Waals surface area contributed by atoms with Crippen LogP contribution >= 0.6 is 11.1 Å². The first-order valence-corrected chi connectivity index (χ1v) is 13.8. The summed E-state index contributed by atoms with van der Waals surface area (Å²) in [6.07, 6.45) is 0. The smallest absolute Gasteiger partial charge is 0.159 e. The van der Waals surface area contributed by atoms with Crippen molar-refractivity contribution in [2.45, 2.75) is 19.6 Å². The molecule has 0 saturated heterocycles. The van der Waals surface area contributed by atoms with E-state index in [4.69, 9.17) is 11.1 Å². The highest BCUT2D eigenvalue weighted by molar-refractivity contribution is 7.67. The summed E-state index contributed by atoms with van der Waals surface area (Å²) in [5.41, 5.74) is 0. The molecule has 0 aromatic heterocycles. The molecular weight excluding hydrogens is 272 g/mol. The van der Waals surface area contributed by atoms with Crippen molar-refractivity contribution in [1.29, 1.82) is 0 Å². The van der Waals surface area contributed by atoms with E-state index >= 15 is 0 Å². The van der Waals surface area contributed by atoms with E-state index in [-0.39, 0.29) is 0 Å². The van der Waals surface area contributed by atoms with Crippen LogP contribution in [0.4, 0.5) is 0 Å². The lowest BCUT2D eigenvalue weighted by molar-refractivity contribution is 1.71. The van der Waals surface area contributed by atoms with Crippen molar-refractivity contribution in [1.82, 2.24) is 0 Å². The van der Waals surface area contributed by atoms with Crippen LogP contribution in [0.1, 0.15) is 0 Å². The summed E-state index contributed by atoms with van der Waals surface area (Å²) in [6, 6.07) is 21.3. The highest BCUT2D eigenvalue weighted by Gasteiger charge is 2.47. The molecule has 2 aromatic carbocycles. The van der Waals surface area contributed by atoms with Crippen LogP contribution in [0, 0.1) is 0 Å². The van der Waals surface area contributed by atoms with Crippen molar-refractivity contribution in [3.8, 4) is 0 Å². The molecule has 2 aromatic rings. The Balaban J connectivity index is 2.63. The molecule has 0 heterocycles. The Hall–Kier alpha value is -0.836. The van der Waals surface area contributed by atoms with Gasteiger partial charge in [-0.25, -0.2) is 0 Å². The molecule has 0 fully saturated rings. The molecule has 0 atom stereocenters. The minimum Gasteiger partial charge on any atom is -0.159 e. The molecule has 0 unspecified atom stereocenters. The fraction of sp³-hybridized carbons (Fsp3) is 0.200. The first-order valence-electron chi connectivity index (χ1n) is 6.26. The summed E-state index contributed by atoms with van der Waals surface area (Å²) in [4.78, 5) is 0. The molecule has 0 aliphatic carbocycles. The van der Waals surface area contributed by atoms with Crippen molar-refractivity contribution in [3.05, 3.63) is 60.7 Å². The highest BCUT2D eigenvalue weighted by atomic mass is 35.6. The van der Waals surface area contributed by atoms with E-state index in [1.54, 1.807) is 0 Å². The number of benzene rings is 2. The van der Waals surface area contributed by atoms with Crippen LogP contribution in [0.25, 0.3) is 0 Å². The first kappa shape index (κ1) is 13.6. The van der Waals surface area contributed by atoms with Gasteiger partial charge >= 0.3 is 0 Å². The van der Waals surface area contributed by atoms with Gasteiger partial charge in [-0.1, -0.05) is 80.3 Å². The van der Waals surface area contributed by atoms with E-state index < -0.39 is 14.5 Å². The van der Waals surface area contributed by atoms with Crippen LogP contribution in [0.15, 0.2) is 60.7 Å². The van der Waals surface area contributed by atoms with Gasteiger partial charge in [0.2, 0.25) is 6.90 Å². The second-order valence-corrected chi connectivity index (χ2v) is 22.0. The topological polar surface area (TPSA) is 0 Å². The lowest BCUT2D eigenvalue weighted by atomic mass is 10.4. The van der Waals surface area contributed by atoms with Gasteiger partial charge in [0.15, 0.2) is 0 Å². The fourth-order valence-electron chi connectivity index (χ4n) is 2.37. The second-order valence-electron chi connectivity index (χ2n) is 5.64. The van der Waals surface area contributed by atoms with Crippen LogP contribution in [0.3, 0.4) is 0 Å². The van der Waals surface area contributed by atoms with E-state index in [0.717, 1.165) is 0 Å². The third-order valence-corrected chi connectivity index (χ3v) is 22.0.